The largest absolute Gasteiger partial charge is 0.384 e. The van der Waals surface area contributed by atoms with E-state index in [1.54, 1.807) is 6.07 Å². The number of nitrogen functional groups attached to an aromatic ring is 2. The first kappa shape index (κ1) is 8.74. The minimum atomic E-state index is 0.444. The Morgan fingerprint density at radius 3 is 2.64 bits per heavy atom. The van der Waals surface area contributed by atoms with Gasteiger partial charge in [-0.25, -0.2) is 4.98 Å². The Bertz CT molecular complexity index is 432. The molecule has 0 bridgehead atoms. The summed E-state index contributed by atoms with van der Waals surface area (Å²) in [4.78, 5) is 8.18. The van der Waals surface area contributed by atoms with Crippen LogP contribution in [0.25, 0.3) is 5.57 Å². The third kappa shape index (κ3) is 1.35. The number of hydrogen-bond donors (Lipinski definition) is 2. The Morgan fingerprint density at radius 2 is 2.07 bits per heavy atom. The average Bonchev–Trinajstić information content (AvgIpc) is 2.52. The third-order valence-corrected chi connectivity index (χ3v) is 2.25. The van der Waals surface area contributed by atoms with E-state index in [0.29, 0.717) is 11.6 Å². The van der Waals surface area contributed by atoms with Gasteiger partial charge in [0.1, 0.15) is 11.6 Å². The van der Waals surface area contributed by atoms with Gasteiger partial charge in [0.15, 0.2) is 0 Å². The van der Waals surface area contributed by atoms with Gasteiger partial charge < -0.3 is 11.5 Å². The first-order chi connectivity index (χ1) is 6.68. The fourth-order valence-electron chi connectivity index (χ4n) is 1.49. The predicted molar refractivity (Wildman–Crippen MR) is 59.0 cm³/mol. The number of hydrogen-bond acceptors (Lipinski definition) is 4. The van der Waals surface area contributed by atoms with Crippen LogP contribution in [-0.4, -0.2) is 17.7 Å². The van der Waals surface area contributed by atoms with Crippen LogP contribution in [0.2, 0.25) is 0 Å². The number of pyridine rings is 1. The van der Waals surface area contributed by atoms with Gasteiger partial charge in [0.05, 0.1) is 6.54 Å². The van der Waals surface area contributed by atoms with Gasteiger partial charge in [-0.2, -0.15) is 0 Å². The van der Waals surface area contributed by atoms with Gasteiger partial charge >= 0.3 is 0 Å². The van der Waals surface area contributed by atoms with Crippen molar-refractivity contribution >= 4 is 23.4 Å². The Labute approximate surface area is 82.4 Å². The highest BCUT2D eigenvalue weighted by molar-refractivity contribution is 6.14. The highest BCUT2D eigenvalue weighted by Gasteiger charge is 2.11. The maximum atomic E-state index is 5.78. The molecule has 0 aromatic carbocycles. The Hall–Kier alpha value is -1.84. The van der Waals surface area contributed by atoms with E-state index in [0.717, 1.165) is 17.7 Å². The van der Waals surface area contributed by atoms with Crippen LogP contribution in [0.3, 0.4) is 0 Å². The monoisotopic (exact) mass is 188 g/mol. The first-order valence-corrected chi connectivity index (χ1v) is 4.40. The van der Waals surface area contributed by atoms with Crippen molar-refractivity contribution in [2.24, 2.45) is 4.99 Å². The summed E-state index contributed by atoms with van der Waals surface area (Å²) in [6.45, 7) is 2.79. The molecule has 4 heteroatoms. The number of nitrogens with zero attached hydrogens (tertiary/aromatic N) is 2. The Balaban J connectivity index is 2.52. The van der Waals surface area contributed by atoms with E-state index in [9.17, 15) is 0 Å². The number of allylic oxidation sites excluding steroid dienone is 1. The fraction of sp³-hybridized carbons (Fsp3) is 0.200. The van der Waals surface area contributed by atoms with Gasteiger partial charge in [-0.15, -0.1) is 0 Å². The molecule has 0 aliphatic carbocycles. The third-order valence-electron chi connectivity index (χ3n) is 2.25. The molecular weight excluding hydrogens is 176 g/mol. The summed E-state index contributed by atoms with van der Waals surface area (Å²) in [6, 6.07) is 3.63. The zero-order valence-corrected chi connectivity index (χ0v) is 7.99. The van der Waals surface area contributed by atoms with Crippen molar-refractivity contribution in [1.29, 1.82) is 0 Å². The molecule has 1 aromatic heterocycles. The Kier molecular flexibility index (Phi) is 1.96. The van der Waals surface area contributed by atoms with E-state index in [1.807, 2.05) is 19.2 Å². The smallest absolute Gasteiger partial charge is 0.133 e. The summed E-state index contributed by atoms with van der Waals surface area (Å²) in [5, 5.41) is 0. The van der Waals surface area contributed by atoms with Crippen molar-refractivity contribution in [2.75, 3.05) is 18.0 Å². The van der Waals surface area contributed by atoms with E-state index >= 15 is 0 Å². The van der Waals surface area contributed by atoms with E-state index in [1.165, 1.54) is 5.57 Å². The topological polar surface area (TPSA) is 77.3 Å². The lowest BCUT2D eigenvalue weighted by Crippen LogP contribution is -2.01. The zero-order valence-electron chi connectivity index (χ0n) is 7.99. The molecule has 72 valence electrons. The fourth-order valence-corrected chi connectivity index (χ4v) is 1.49. The average molecular weight is 188 g/mol. The molecule has 0 radical (unpaired) electrons. The second kappa shape index (κ2) is 3.14. The van der Waals surface area contributed by atoms with Gasteiger partial charge in [0, 0.05) is 17.4 Å². The number of aliphatic imine (C=N–C) groups is 1. The van der Waals surface area contributed by atoms with Gasteiger partial charge in [-0.3, -0.25) is 4.99 Å². The normalized spacial score (nSPS) is 15.2. The van der Waals surface area contributed by atoms with Crippen LogP contribution in [0.1, 0.15) is 12.5 Å². The molecule has 14 heavy (non-hydrogen) atoms. The minimum absolute atomic E-state index is 0.444. The van der Waals surface area contributed by atoms with Gasteiger partial charge in [0.25, 0.3) is 0 Å². The van der Waals surface area contributed by atoms with Gasteiger partial charge in [0.2, 0.25) is 0 Å². The summed E-state index contributed by atoms with van der Waals surface area (Å²) in [5.41, 5.74) is 14.5. The van der Waals surface area contributed by atoms with Crippen molar-refractivity contribution in [2.45, 2.75) is 6.92 Å². The van der Waals surface area contributed by atoms with Crippen molar-refractivity contribution in [3.63, 3.8) is 0 Å². The minimum Gasteiger partial charge on any atom is -0.384 e. The number of nitrogens with two attached hydrogens (primary N) is 2. The SMILES string of the molecule is CC1=C(c2ccc(N)nc2N)C=NC1. The van der Waals surface area contributed by atoms with Crippen LogP contribution in [0.4, 0.5) is 11.6 Å². The highest BCUT2D eigenvalue weighted by atomic mass is 14.9. The number of aromatic nitrogens is 1. The molecule has 0 amide bonds. The van der Waals surface area contributed by atoms with Crippen molar-refractivity contribution in [3.8, 4) is 0 Å². The molecule has 1 aliphatic rings. The molecule has 0 saturated carbocycles. The zero-order chi connectivity index (χ0) is 10.1. The molecule has 0 fully saturated rings. The molecule has 1 aromatic rings. The first-order valence-electron chi connectivity index (χ1n) is 4.40. The molecule has 4 N–H and O–H groups in total. The maximum Gasteiger partial charge on any atom is 0.133 e. The predicted octanol–water partition coefficient (Wildman–Crippen LogP) is 1.10. The van der Waals surface area contributed by atoms with Gasteiger partial charge in [-0.1, -0.05) is 0 Å². The summed E-state index contributed by atoms with van der Waals surface area (Å²) in [6.07, 6.45) is 1.83. The van der Waals surface area contributed by atoms with E-state index in [2.05, 4.69) is 9.98 Å². The molecule has 4 nitrogen and oxygen atoms in total. The van der Waals surface area contributed by atoms with Crippen molar-refractivity contribution in [3.05, 3.63) is 23.3 Å². The van der Waals surface area contributed by atoms with Crippen LogP contribution in [0, 0.1) is 0 Å². The highest BCUT2D eigenvalue weighted by Crippen LogP contribution is 2.25. The molecule has 0 unspecified atom stereocenters. The van der Waals surface area contributed by atoms with Crippen molar-refractivity contribution in [1.82, 2.24) is 4.98 Å². The summed E-state index contributed by atoms with van der Waals surface area (Å²) < 4.78 is 0. The van der Waals surface area contributed by atoms with Crippen LogP contribution in [0.5, 0.6) is 0 Å². The van der Waals surface area contributed by atoms with Crippen LogP contribution in [0.15, 0.2) is 22.7 Å². The summed E-state index contributed by atoms with van der Waals surface area (Å²) in [7, 11) is 0. The molecule has 2 rings (SSSR count). The molecule has 0 atom stereocenters. The lowest BCUT2D eigenvalue weighted by atomic mass is 10.0. The molecular formula is C10H12N4. The van der Waals surface area contributed by atoms with Crippen LogP contribution >= 0.6 is 0 Å². The second-order valence-electron chi connectivity index (χ2n) is 3.33. The van der Waals surface area contributed by atoms with Crippen molar-refractivity contribution < 1.29 is 0 Å². The molecule has 2 heterocycles. The molecule has 0 saturated heterocycles. The van der Waals surface area contributed by atoms with Crippen LogP contribution < -0.4 is 11.5 Å². The van der Waals surface area contributed by atoms with Crippen LogP contribution in [-0.2, 0) is 0 Å². The van der Waals surface area contributed by atoms with E-state index in [-0.39, 0.29) is 0 Å². The summed E-state index contributed by atoms with van der Waals surface area (Å²) >= 11 is 0. The lowest BCUT2D eigenvalue weighted by molar-refractivity contribution is 1.18. The molecule has 1 aliphatic heterocycles. The summed E-state index contributed by atoms with van der Waals surface area (Å²) in [5.74, 6) is 0.909. The Morgan fingerprint density at radius 1 is 1.29 bits per heavy atom. The number of anilines is 2. The molecule has 0 spiro atoms. The maximum absolute atomic E-state index is 5.78. The second-order valence-corrected chi connectivity index (χ2v) is 3.33. The van der Waals surface area contributed by atoms with E-state index in [4.69, 9.17) is 11.5 Å². The quantitative estimate of drug-likeness (QED) is 0.692. The standard InChI is InChI=1S/C10H12N4/c1-6-4-13-5-8(6)7-2-3-9(11)14-10(7)12/h2-3,5H,4H2,1H3,(H4,11,12,14). The lowest BCUT2D eigenvalue weighted by Gasteiger charge is -2.05. The van der Waals surface area contributed by atoms with E-state index < -0.39 is 0 Å². The van der Waals surface area contributed by atoms with Gasteiger partial charge in [-0.05, 0) is 24.6 Å². The number of rotatable bonds is 1.